The largest absolute Gasteiger partial charge is 0.369 e. The van der Waals surface area contributed by atoms with E-state index < -0.39 is 0 Å². The second-order valence-corrected chi connectivity index (χ2v) is 2.18. The standard InChI is InChI=1S/C5H11N7/c1-12-3-9-4(11-12)2-8-5(6)10-7/h3H,2,7H2,1H3,(H3,6,8,10). The average molecular weight is 169 g/mol. The van der Waals surface area contributed by atoms with Gasteiger partial charge in [-0.3, -0.25) is 10.1 Å². The molecule has 0 bridgehead atoms. The monoisotopic (exact) mass is 169 g/mol. The summed E-state index contributed by atoms with van der Waals surface area (Å²) in [6.07, 6.45) is 1.59. The van der Waals surface area contributed by atoms with E-state index in [-0.39, 0.29) is 5.96 Å². The number of nitrogens with two attached hydrogens (primary N) is 2. The minimum Gasteiger partial charge on any atom is -0.369 e. The summed E-state index contributed by atoms with van der Waals surface area (Å²) in [5, 5.41) is 3.99. The summed E-state index contributed by atoms with van der Waals surface area (Å²) in [5.41, 5.74) is 7.49. The van der Waals surface area contributed by atoms with Crippen molar-refractivity contribution < 1.29 is 0 Å². The van der Waals surface area contributed by atoms with Crippen LogP contribution in [0.25, 0.3) is 0 Å². The highest BCUT2D eigenvalue weighted by atomic mass is 15.3. The predicted molar refractivity (Wildman–Crippen MR) is 43.7 cm³/mol. The highest BCUT2D eigenvalue weighted by molar-refractivity contribution is 5.76. The predicted octanol–water partition coefficient (Wildman–Crippen LogP) is -1.91. The maximum atomic E-state index is 5.28. The highest BCUT2D eigenvalue weighted by Crippen LogP contribution is 1.89. The molecule has 0 saturated heterocycles. The summed E-state index contributed by atoms with van der Waals surface area (Å²) in [4.78, 5) is 7.79. The van der Waals surface area contributed by atoms with Gasteiger partial charge in [0.2, 0.25) is 5.96 Å². The first-order valence-electron chi connectivity index (χ1n) is 3.33. The molecule has 0 atom stereocenters. The van der Waals surface area contributed by atoms with Crippen LogP contribution in [0, 0.1) is 0 Å². The fraction of sp³-hybridized carbons (Fsp3) is 0.400. The Kier molecular flexibility index (Phi) is 2.59. The molecule has 0 spiro atoms. The molecule has 0 fully saturated rings. The first-order valence-corrected chi connectivity index (χ1v) is 3.33. The van der Waals surface area contributed by atoms with Crippen LogP contribution in [0.4, 0.5) is 0 Å². The quantitative estimate of drug-likeness (QED) is 0.207. The third-order valence-corrected chi connectivity index (χ3v) is 1.19. The molecular formula is C5H11N7. The first kappa shape index (κ1) is 8.47. The number of hydrogen-bond donors (Lipinski definition) is 3. The lowest BCUT2D eigenvalue weighted by Crippen LogP contribution is -2.37. The van der Waals surface area contributed by atoms with Crippen molar-refractivity contribution in [2.45, 2.75) is 6.54 Å². The number of guanidine groups is 1. The molecule has 1 rings (SSSR count). The molecule has 1 heterocycles. The molecule has 0 aromatic carbocycles. The van der Waals surface area contributed by atoms with E-state index in [1.165, 1.54) is 0 Å². The molecule has 7 heteroatoms. The topological polar surface area (TPSA) is 107 Å². The van der Waals surface area contributed by atoms with E-state index in [2.05, 4.69) is 20.5 Å². The fourth-order valence-electron chi connectivity index (χ4n) is 0.658. The van der Waals surface area contributed by atoms with E-state index in [1.807, 2.05) is 0 Å². The van der Waals surface area contributed by atoms with Crippen LogP contribution in [0.3, 0.4) is 0 Å². The van der Waals surface area contributed by atoms with Crippen molar-refractivity contribution >= 4 is 5.96 Å². The highest BCUT2D eigenvalue weighted by Gasteiger charge is 1.95. The van der Waals surface area contributed by atoms with E-state index in [0.29, 0.717) is 12.4 Å². The molecule has 1 aromatic rings. The summed E-state index contributed by atoms with van der Waals surface area (Å²) >= 11 is 0. The van der Waals surface area contributed by atoms with Gasteiger partial charge in [-0.15, -0.1) is 0 Å². The van der Waals surface area contributed by atoms with Crippen LogP contribution in [0.2, 0.25) is 0 Å². The van der Waals surface area contributed by atoms with Crippen LogP contribution in [0.5, 0.6) is 0 Å². The molecule has 5 N–H and O–H groups in total. The summed E-state index contributed by atoms with van der Waals surface area (Å²) in [6, 6.07) is 0. The Bertz CT molecular complexity index is 275. The Morgan fingerprint density at radius 1 is 1.83 bits per heavy atom. The zero-order chi connectivity index (χ0) is 8.97. The lowest BCUT2D eigenvalue weighted by Gasteiger charge is -1.94. The van der Waals surface area contributed by atoms with Gasteiger partial charge < -0.3 is 5.73 Å². The van der Waals surface area contributed by atoms with E-state index in [1.54, 1.807) is 18.1 Å². The Labute approximate surface area is 69.4 Å². The van der Waals surface area contributed by atoms with Gasteiger partial charge in [0.1, 0.15) is 12.9 Å². The minimum absolute atomic E-state index is 0.169. The van der Waals surface area contributed by atoms with Crippen molar-refractivity contribution in [2.75, 3.05) is 0 Å². The number of nitrogens with one attached hydrogen (secondary N) is 1. The third kappa shape index (κ3) is 2.20. The molecule has 0 radical (unpaired) electrons. The second kappa shape index (κ2) is 3.67. The van der Waals surface area contributed by atoms with Crippen LogP contribution in [-0.4, -0.2) is 20.7 Å². The minimum atomic E-state index is 0.169. The molecule has 0 aliphatic heterocycles. The lowest BCUT2D eigenvalue weighted by molar-refractivity contribution is 0.741. The molecule has 66 valence electrons. The van der Waals surface area contributed by atoms with E-state index >= 15 is 0 Å². The van der Waals surface area contributed by atoms with Crippen molar-refractivity contribution in [1.29, 1.82) is 0 Å². The van der Waals surface area contributed by atoms with E-state index in [9.17, 15) is 0 Å². The van der Waals surface area contributed by atoms with Crippen molar-refractivity contribution in [3.05, 3.63) is 12.2 Å². The van der Waals surface area contributed by atoms with Gasteiger partial charge in [0.25, 0.3) is 0 Å². The van der Waals surface area contributed by atoms with Crippen molar-refractivity contribution in [3.63, 3.8) is 0 Å². The number of aliphatic imine (C=N–C) groups is 1. The molecule has 1 aromatic heterocycles. The van der Waals surface area contributed by atoms with Crippen molar-refractivity contribution in [1.82, 2.24) is 20.2 Å². The zero-order valence-corrected chi connectivity index (χ0v) is 6.73. The Balaban J connectivity index is 2.53. The molecule has 0 aliphatic rings. The normalized spacial score (nSPS) is 11.7. The maximum absolute atomic E-state index is 5.28. The Morgan fingerprint density at radius 3 is 3.08 bits per heavy atom. The van der Waals surface area contributed by atoms with Crippen molar-refractivity contribution in [3.8, 4) is 0 Å². The van der Waals surface area contributed by atoms with Gasteiger partial charge in [0.15, 0.2) is 5.82 Å². The van der Waals surface area contributed by atoms with Gasteiger partial charge >= 0.3 is 0 Å². The molecule has 0 saturated carbocycles. The lowest BCUT2D eigenvalue weighted by atomic mass is 10.6. The summed E-state index contributed by atoms with van der Waals surface area (Å²) in [7, 11) is 1.78. The number of hydrogen-bond acceptors (Lipinski definition) is 4. The van der Waals surface area contributed by atoms with E-state index in [4.69, 9.17) is 11.6 Å². The number of aryl methyl sites for hydroxylation is 1. The summed E-state index contributed by atoms with van der Waals surface area (Å²) in [5.74, 6) is 5.77. The van der Waals surface area contributed by atoms with Crippen LogP contribution < -0.4 is 17.0 Å². The third-order valence-electron chi connectivity index (χ3n) is 1.19. The van der Waals surface area contributed by atoms with Gasteiger partial charge in [0.05, 0.1) is 0 Å². The fourth-order valence-corrected chi connectivity index (χ4v) is 0.658. The summed E-state index contributed by atoms with van der Waals surface area (Å²) in [6.45, 7) is 0.330. The molecule has 0 aliphatic carbocycles. The van der Waals surface area contributed by atoms with Gasteiger partial charge in [0, 0.05) is 7.05 Å². The number of hydrazine groups is 1. The smallest absolute Gasteiger partial charge is 0.203 e. The van der Waals surface area contributed by atoms with Crippen LogP contribution in [0.1, 0.15) is 5.82 Å². The molecule has 0 unspecified atom stereocenters. The first-order chi connectivity index (χ1) is 5.72. The summed E-state index contributed by atoms with van der Waals surface area (Å²) < 4.78 is 1.59. The van der Waals surface area contributed by atoms with Gasteiger partial charge in [-0.25, -0.2) is 15.8 Å². The Morgan fingerprint density at radius 2 is 2.58 bits per heavy atom. The van der Waals surface area contributed by atoms with Gasteiger partial charge in [-0.2, -0.15) is 5.10 Å². The second-order valence-electron chi connectivity index (χ2n) is 2.18. The maximum Gasteiger partial charge on any atom is 0.203 e. The molecule has 7 nitrogen and oxygen atoms in total. The van der Waals surface area contributed by atoms with Gasteiger partial charge in [-0.1, -0.05) is 0 Å². The molecular weight excluding hydrogens is 158 g/mol. The average Bonchev–Trinajstić information content (AvgIpc) is 2.47. The molecule has 0 amide bonds. The number of aromatic nitrogens is 3. The number of rotatable bonds is 2. The zero-order valence-electron chi connectivity index (χ0n) is 6.73. The SMILES string of the molecule is Cn1cnc(CN=C(N)NN)n1. The Hall–Kier alpha value is -1.63. The van der Waals surface area contributed by atoms with Gasteiger partial charge in [-0.05, 0) is 0 Å². The van der Waals surface area contributed by atoms with E-state index in [0.717, 1.165) is 0 Å². The van der Waals surface area contributed by atoms with Crippen molar-refractivity contribution in [2.24, 2.45) is 23.6 Å². The molecule has 12 heavy (non-hydrogen) atoms. The van der Waals surface area contributed by atoms with Crippen LogP contribution in [-0.2, 0) is 13.6 Å². The number of nitrogens with zero attached hydrogens (tertiary/aromatic N) is 4. The van der Waals surface area contributed by atoms with Crippen LogP contribution in [0.15, 0.2) is 11.3 Å². The van der Waals surface area contributed by atoms with Crippen LogP contribution >= 0.6 is 0 Å².